The quantitative estimate of drug-likeness (QED) is 0.636. The van der Waals surface area contributed by atoms with Crippen LogP contribution >= 0.6 is 0 Å². The molecule has 2 rings (SSSR count). The van der Waals surface area contributed by atoms with E-state index in [0.29, 0.717) is 6.61 Å². The zero-order valence-corrected chi connectivity index (χ0v) is 14.6. The van der Waals surface area contributed by atoms with Gasteiger partial charge in [-0.25, -0.2) is 0 Å². The fourth-order valence-corrected chi connectivity index (χ4v) is 6.11. The molecule has 0 aromatic heterocycles. The summed E-state index contributed by atoms with van der Waals surface area (Å²) < 4.78 is 12.6. The minimum atomic E-state index is -2.30. The van der Waals surface area contributed by atoms with Crippen LogP contribution in [0.3, 0.4) is 0 Å². The Morgan fingerprint density at radius 3 is 1.64 bits per heavy atom. The lowest BCUT2D eigenvalue weighted by Crippen LogP contribution is -2.48. The van der Waals surface area contributed by atoms with Crippen LogP contribution in [0.25, 0.3) is 0 Å². The molecule has 0 atom stereocenters. The molecule has 0 aliphatic rings. The van der Waals surface area contributed by atoms with Crippen LogP contribution in [0.5, 0.6) is 0 Å². The van der Waals surface area contributed by atoms with E-state index in [1.807, 2.05) is 0 Å². The van der Waals surface area contributed by atoms with Crippen molar-refractivity contribution >= 4 is 8.56 Å². The van der Waals surface area contributed by atoms with Crippen LogP contribution < -0.4 is 0 Å². The topological polar surface area (TPSA) is 18.5 Å². The molecule has 2 aromatic rings. The lowest BCUT2D eigenvalue weighted by atomic mass is 10.2. The molecule has 118 valence electrons. The van der Waals surface area contributed by atoms with Gasteiger partial charge in [0.25, 0.3) is 0 Å². The zero-order chi connectivity index (χ0) is 15.7. The second kappa shape index (κ2) is 8.88. The van der Waals surface area contributed by atoms with E-state index in [0.717, 1.165) is 25.1 Å². The fourth-order valence-electron chi connectivity index (χ4n) is 2.67. The molecule has 0 unspecified atom stereocenters. The van der Waals surface area contributed by atoms with E-state index in [-0.39, 0.29) is 0 Å². The number of hydrogen-bond acceptors (Lipinski definition) is 2. The molecule has 0 aliphatic heterocycles. The molecule has 0 aliphatic carbocycles. The fraction of sp³-hybridized carbons (Fsp3) is 0.368. The predicted octanol–water partition coefficient (Wildman–Crippen LogP) is 4.46. The normalized spacial score (nSPS) is 11.5. The summed E-state index contributed by atoms with van der Waals surface area (Å²) >= 11 is 0. The maximum absolute atomic E-state index is 6.34. The molecule has 0 fully saturated rings. The molecule has 0 radical (unpaired) electrons. The van der Waals surface area contributed by atoms with Gasteiger partial charge < -0.3 is 8.85 Å². The third-order valence-electron chi connectivity index (χ3n) is 3.61. The molecular formula is C19H26O2Si. The Kier molecular flexibility index (Phi) is 6.84. The number of benzene rings is 2. The van der Waals surface area contributed by atoms with Crippen LogP contribution in [0, 0.1) is 0 Å². The third kappa shape index (κ3) is 5.09. The van der Waals surface area contributed by atoms with Crippen molar-refractivity contribution in [2.45, 2.75) is 32.4 Å². The van der Waals surface area contributed by atoms with Gasteiger partial charge in [-0.2, -0.15) is 0 Å². The van der Waals surface area contributed by atoms with Crippen molar-refractivity contribution in [1.29, 1.82) is 0 Å². The second-order valence-electron chi connectivity index (χ2n) is 5.52. The van der Waals surface area contributed by atoms with Gasteiger partial charge in [0.15, 0.2) is 0 Å². The minimum Gasteiger partial charge on any atom is -0.394 e. The number of hydrogen-bond donors (Lipinski definition) is 0. The van der Waals surface area contributed by atoms with Gasteiger partial charge >= 0.3 is 8.56 Å². The van der Waals surface area contributed by atoms with Crippen LogP contribution in [0.2, 0.25) is 0 Å². The SMILES string of the molecule is CCCO[Si](Cc1ccccc1)(Cc1ccccc1)OCC. The van der Waals surface area contributed by atoms with Gasteiger partial charge in [0.05, 0.1) is 0 Å². The van der Waals surface area contributed by atoms with Crippen molar-refractivity contribution in [2.75, 3.05) is 13.2 Å². The Labute approximate surface area is 135 Å². The molecule has 0 saturated heterocycles. The number of rotatable bonds is 9. The van der Waals surface area contributed by atoms with E-state index in [1.54, 1.807) is 0 Å². The van der Waals surface area contributed by atoms with E-state index >= 15 is 0 Å². The summed E-state index contributed by atoms with van der Waals surface area (Å²) in [6.45, 7) is 5.69. The highest BCUT2D eigenvalue weighted by atomic mass is 28.4. The first-order valence-corrected chi connectivity index (χ1v) is 10.4. The van der Waals surface area contributed by atoms with E-state index in [2.05, 4.69) is 74.5 Å². The first kappa shape index (κ1) is 16.9. The van der Waals surface area contributed by atoms with E-state index < -0.39 is 8.56 Å². The maximum atomic E-state index is 6.34. The largest absolute Gasteiger partial charge is 0.394 e. The highest BCUT2D eigenvalue weighted by Crippen LogP contribution is 2.21. The van der Waals surface area contributed by atoms with Crippen molar-refractivity contribution < 1.29 is 8.85 Å². The molecule has 0 bridgehead atoms. The molecular weight excluding hydrogens is 288 g/mol. The Balaban J connectivity index is 2.23. The predicted molar refractivity (Wildman–Crippen MR) is 93.9 cm³/mol. The van der Waals surface area contributed by atoms with Gasteiger partial charge in [-0.05, 0) is 24.5 Å². The first-order valence-electron chi connectivity index (χ1n) is 8.14. The summed E-state index contributed by atoms with van der Waals surface area (Å²) in [6, 6.07) is 22.9. The Bertz CT molecular complexity index is 486. The summed E-state index contributed by atoms with van der Waals surface area (Å²) in [4.78, 5) is 0. The third-order valence-corrected chi connectivity index (χ3v) is 7.05. The van der Waals surface area contributed by atoms with Crippen molar-refractivity contribution in [3.63, 3.8) is 0 Å². The summed E-state index contributed by atoms with van der Waals surface area (Å²) in [5, 5.41) is 0. The summed E-state index contributed by atoms with van der Waals surface area (Å²) in [6.07, 6.45) is 1.02. The monoisotopic (exact) mass is 314 g/mol. The summed E-state index contributed by atoms with van der Waals surface area (Å²) in [5.41, 5.74) is 2.60. The smallest absolute Gasteiger partial charge is 0.347 e. The highest BCUT2D eigenvalue weighted by molar-refractivity contribution is 6.66. The molecule has 0 spiro atoms. The maximum Gasteiger partial charge on any atom is 0.347 e. The van der Waals surface area contributed by atoms with Gasteiger partial charge in [0.1, 0.15) is 0 Å². The molecule has 3 heteroatoms. The van der Waals surface area contributed by atoms with Crippen LogP contribution in [-0.4, -0.2) is 21.8 Å². The summed E-state index contributed by atoms with van der Waals surface area (Å²) in [5.74, 6) is 0. The molecule has 2 nitrogen and oxygen atoms in total. The van der Waals surface area contributed by atoms with Crippen LogP contribution in [0.15, 0.2) is 60.7 Å². The molecule has 0 heterocycles. The van der Waals surface area contributed by atoms with Crippen LogP contribution in [0.1, 0.15) is 31.4 Å². The van der Waals surface area contributed by atoms with Gasteiger partial charge in [-0.1, -0.05) is 67.6 Å². The first-order chi connectivity index (χ1) is 10.8. The van der Waals surface area contributed by atoms with Gasteiger partial charge in [-0.15, -0.1) is 0 Å². The van der Waals surface area contributed by atoms with Crippen molar-refractivity contribution in [1.82, 2.24) is 0 Å². The van der Waals surface area contributed by atoms with Crippen molar-refractivity contribution in [3.05, 3.63) is 71.8 Å². The standard InChI is InChI=1S/C19H26O2Si/c1-3-15-21-22(20-4-2,16-18-11-7-5-8-12-18)17-19-13-9-6-10-14-19/h5-14H,3-4,15-17H2,1-2H3. The van der Waals surface area contributed by atoms with E-state index in [1.165, 1.54) is 11.1 Å². The molecule has 2 aromatic carbocycles. The lowest BCUT2D eigenvalue weighted by Gasteiger charge is -2.31. The second-order valence-corrected chi connectivity index (χ2v) is 8.62. The molecule has 0 saturated carbocycles. The molecule has 0 N–H and O–H groups in total. The van der Waals surface area contributed by atoms with E-state index in [9.17, 15) is 0 Å². The van der Waals surface area contributed by atoms with Crippen molar-refractivity contribution in [3.8, 4) is 0 Å². The average Bonchev–Trinajstić information content (AvgIpc) is 2.55. The zero-order valence-electron chi connectivity index (χ0n) is 13.6. The van der Waals surface area contributed by atoms with Crippen LogP contribution in [-0.2, 0) is 20.9 Å². The van der Waals surface area contributed by atoms with E-state index in [4.69, 9.17) is 8.85 Å². The van der Waals surface area contributed by atoms with Gasteiger partial charge in [0, 0.05) is 25.3 Å². The molecule has 22 heavy (non-hydrogen) atoms. The Morgan fingerprint density at radius 2 is 1.23 bits per heavy atom. The molecule has 0 amide bonds. The summed E-state index contributed by atoms with van der Waals surface area (Å²) in [7, 11) is -2.30. The van der Waals surface area contributed by atoms with Gasteiger partial charge in [-0.3, -0.25) is 0 Å². The Hall–Kier alpha value is -1.42. The van der Waals surface area contributed by atoms with Gasteiger partial charge in [0.2, 0.25) is 0 Å². The minimum absolute atomic E-state index is 0.704. The van der Waals surface area contributed by atoms with Crippen molar-refractivity contribution in [2.24, 2.45) is 0 Å². The average molecular weight is 315 g/mol. The lowest BCUT2D eigenvalue weighted by molar-refractivity contribution is 0.173. The Morgan fingerprint density at radius 1 is 0.727 bits per heavy atom. The van der Waals surface area contributed by atoms with Crippen LogP contribution in [0.4, 0.5) is 0 Å². The highest BCUT2D eigenvalue weighted by Gasteiger charge is 2.37.